The average Bonchev–Trinajstić information content (AvgIpc) is 2.33. The van der Waals surface area contributed by atoms with Gasteiger partial charge in [0.1, 0.15) is 6.10 Å². The third-order valence-corrected chi connectivity index (χ3v) is 4.36. The van der Waals surface area contributed by atoms with Gasteiger partial charge in [-0.15, -0.1) is 0 Å². The van der Waals surface area contributed by atoms with E-state index in [1.807, 2.05) is 20.8 Å². The molecule has 5 heteroatoms. The van der Waals surface area contributed by atoms with E-state index in [-0.39, 0.29) is 28.5 Å². The van der Waals surface area contributed by atoms with Gasteiger partial charge in [0.15, 0.2) is 5.41 Å². The van der Waals surface area contributed by atoms with E-state index in [2.05, 4.69) is 6.92 Å². The number of ether oxygens (including phenoxy) is 3. The van der Waals surface area contributed by atoms with Crippen molar-refractivity contribution in [1.29, 1.82) is 0 Å². The van der Waals surface area contributed by atoms with E-state index >= 15 is 0 Å². The van der Waals surface area contributed by atoms with Crippen LogP contribution in [-0.2, 0) is 36.6 Å². The fourth-order valence-electron chi connectivity index (χ4n) is 2.26. The second-order valence-electron chi connectivity index (χ2n) is 4.68. The first-order valence-corrected chi connectivity index (χ1v) is 8.54. The molecule has 19 heavy (non-hydrogen) atoms. The van der Waals surface area contributed by atoms with Crippen LogP contribution >= 0.6 is 0 Å². The van der Waals surface area contributed by atoms with Crippen molar-refractivity contribution in [3.63, 3.8) is 0 Å². The van der Waals surface area contributed by atoms with Crippen LogP contribution in [0.2, 0.25) is 0 Å². The van der Waals surface area contributed by atoms with Crippen LogP contribution in [0.5, 0.6) is 0 Å². The van der Waals surface area contributed by atoms with Gasteiger partial charge < -0.3 is 14.2 Å². The van der Waals surface area contributed by atoms with E-state index in [9.17, 15) is 0 Å². The molecule has 0 N–H and O–H groups in total. The Morgan fingerprint density at radius 3 is 1.89 bits per heavy atom. The Kier molecular flexibility index (Phi) is 16.1. The maximum Gasteiger partial charge on any atom is 0.166 e. The fourth-order valence-corrected chi connectivity index (χ4v) is 3.29. The molecule has 3 nitrogen and oxygen atoms in total. The zero-order valence-corrected chi connectivity index (χ0v) is 17.4. The topological polar surface area (TPSA) is 27.7 Å². The minimum atomic E-state index is -0.467. The Morgan fingerprint density at radius 1 is 0.895 bits per heavy atom. The molecule has 0 spiro atoms. The van der Waals surface area contributed by atoms with Crippen molar-refractivity contribution in [2.45, 2.75) is 71.3 Å². The third-order valence-electron chi connectivity index (χ3n) is 3.13. The van der Waals surface area contributed by atoms with E-state index in [0.717, 1.165) is 23.3 Å². The van der Waals surface area contributed by atoms with E-state index < -0.39 is 5.41 Å². The Morgan fingerprint density at radius 2 is 1.47 bits per heavy atom. The SMILES string of the molecule is CCCCCCC(OCC)C([SiH3])(OCC)OCC.[Au]. The molecule has 0 heterocycles. The third kappa shape index (κ3) is 9.40. The largest absolute Gasteiger partial charge is 0.373 e. The minimum absolute atomic E-state index is 0. The number of hydrogen-bond acceptors (Lipinski definition) is 3. The standard InChI is InChI=1S/C14H32O3Si.Au/c1-5-9-10-11-12-13(15-6-2)14(18,16-7-3)17-8-4;/h13H,5-12H2,1-4,18H3;. The molecule has 0 aromatic carbocycles. The summed E-state index contributed by atoms with van der Waals surface area (Å²) in [6.45, 7) is 10.4. The molecular formula is C14H32AuO3Si. The second kappa shape index (κ2) is 13.8. The molecule has 0 saturated heterocycles. The molecule has 0 aromatic heterocycles. The van der Waals surface area contributed by atoms with Gasteiger partial charge in [-0.1, -0.05) is 32.6 Å². The van der Waals surface area contributed by atoms with Crippen molar-refractivity contribution in [1.82, 2.24) is 0 Å². The molecule has 1 unspecified atom stereocenters. The molecule has 0 bridgehead atoms. The summed E-state index contributed by atoms with van der Waals surface area (Å²) in [5.41, 5.74) is -0.467. The number of hydrogen-bond donors (Lipinski definition) is 0. The first kappa shape index (κ1) is 22.1. The summed E-state index contributed by atoms with van der Waals surface area (Å²) in [6, 6.07) is 0. The molecule has 0 aromatic rings. The van der Waals surface area contributed by atoms with E-state index in [1.165, 1.54) is 25.7 Å². The first-order valence-electron chi connectivity index (χ1n) is 7.54. The van der Waals surface area contributed by atoms with Gasteiger partial charge in [0, 0.05) is 42.2 Å². The van der Waals surface area contributed by atoms with Crippen LogP contribution in [0.4, 0.5) is 0 Å². The van der Waals surface area contributed by atoms with Crippen LogP contribution in [0.3, 0.4) is 0 Å². The van der Waals surface area contributed by atoms with Gasteiger partial charge in [0.05, 0.1) is 10.2 Å². The van der Waals surface area contributed by atoms with Crippen LogP contribution in [0.1, 0.15) is 59.8 Å². The van der Waals surface area contributed by atoms with Crippen molar-refractivity contribution < 1.29 is 36.6 Å². The number of unbranched alkanes of at least 4 members (excludes halogenated alkanes) is 3. The summed E-state index contributed by atoms with van der Waals surface area (Å²) in [5, 5.41) is 0. The van der Waals surface area contributed by atoms with Gasteiger partial charge >= 0.3 is 0 Å². The van der Waals surface area contributed by atoms with E-state index in [1.54, 1.807) is 0 Å². The van der Waals surface area contributed by atoms with Crippen LogP contribution in [-0.4, -0.2) is 41.6 Å². The molecule has 1 atom stereocenters. The molecule has 1 radical (unpaired) electrons. The predicted octanol–water partition coefficient (Wildman–Crippen LogP) is 2.45. The molecular weight excluding hydrogens is 441 g/mol. The molecule has 0 aliphatic rings. The van der Waals surface area contributed by atoms with Gasteiger partial charge in [-0.05, 0) is 27.2 Å². The maximum atomic E-state index is 5.88. The molecule has 0 rings (SSSR count). The molecule has 0 fully saturated rings. The average molecular weight is 473 g/mol. The summed E-state index contributed by atoms with van der Waals surface area (Å²) < 4.78 is 17.6. The van der Waals surface area contributed by atoms with Crippen molar-refractivity contribution in [2.24, 2.45) is 0 Å². The quantitative estimate of drug-likeness (QED) is 0.248. The zero-order valence-electron chi connectivity index (χ0n) is 13.3. The smallest absolute Gasteiger partial charge is 0.166 e. The van der Waals surface area contributed by atoms with Crippen LogP contribution in [0.15, 0.2) is 0 Å². The van der Waals surface area contributed by atoms with Crippen molar-refractivity contribution in [3.8, 4) is 0 Å². The Balaban J connectivity index is 0. The van der Waals surface area contributed by atoms with E-state index in [0.29, 0.717) is 13.2 Å². The van der Waals surface area contributed by atoms with Gasteiger partial charge in [-0.2, -0.15) is 0 Å². The predicted molar refractivity (Wildman–Crippen MR) is 80.1 cm³/mol. The van der Waals surface area contributed by atoms with Gasteiger partial charge in [0.2, 0.25) is 0 Å². The van der Waals surface area contributed by atoms with Crippen LogP contribution in [0, 0.1) is 0 Å². The Labute approximate surface area is 138 Å². The van der Waals surface area contributed by atoms with Gasteiger partial charge in [0.25, 0.3) is 0 Å². The fraction of sp³-hybridized carbons (Fsp3) is 1.00. The number of rotatable bonds is 12. The summed E-state index contributed by atoms with van der Waals surface area (Å²) in [7, 11) is 0.835. The summed E-state index contributed by atoms with van der Waals surface area (Å²) in [5.74, 6) is 0. The minimum Gasteiger partial charge on any atom is -0.373 e. The van der Waals surface area contributed by atoms with Crippen molar-refractivity contribution in [3.05, 3.63) is 0 Å². The molecule has 0 amide bonds. The normalized spacial score (nSPS) is 13.3. The van der Waals surface area contributed by atoms with Crippen LogP contribution < -0.4 is 0 Å². The molecule has 121 valence electrons. The summed E-state index contributed by atoms with van der Waals surface area (Å²) >= 11 is 0. The summed E-state index contributed by atoms with van der Waals surface area (Å²) in [6.07, 6.45) is 6.17. The Hall–Kier alpha value is 0.837. The molecule has 0 aliphatic carbocycles. The zero-order chi connectivity index (χ0) is 13.9. The molecule has 0 aliphatic heterocycles. The Bertz CT molecular complexity index is 188. The first-order chi connectivity index (χ1) is 8.64. The molecule has 0 saturated carbocycles. The monoisotopic (exact) mass is 473 g/mol. The van der Waals surface area contributed by atoms with Gasteiger partial charge in [-0.25, -0.2) is 0 Å². The summed E-state index contributed by atoms with van der Waals surface area (Å²) in [4.78, 5) is 0. The van der Waals surface area contributed by atoms with Gasteiger partial charge in [-0.3, -0.25) is 0 Å². The van der Waals surface area contributed by atoms with Crippen molar-refractivity contribution in [2.75, 3.05) is 19.8 Å². The van der Waals surface area contributed by atoms with Crippen molar-refractivity contribution >= 4 is 10.2 Å². The second-order valence-corrected chi connectivity index (χ2v) is 6.07. The van der Waals surface area contributed by atoms with Crippen LogP contribution in [0.25, 0.3) is 0 Å². The maximum absolute atomic E-state index is 5.88. The van der Waals surface area contributed by atoms with E-state index in [4.69, 9.17) is 14.2 Å².